The van der Waals surface area contributed by atoms with E-state index in [0.29, 0.717) is 12.1 Å². The van der Waals surface area contributed by atoms with Crippen LogP contribution in [0.1, 0.15) is 18.9 Å². The molecule has 0 atom stereocenters. The number of anilines is 1. The van der Waals surface area contributed by atoms with Crippen LogP contribution in [0.4, 0.5) is 5.69 Å². The van der Waals surface area contributed by atoms with Crippen molar-refractivity contribution in [3.8, 4) is 0 Å². The summed E-state index contributed by atoms with van der Waals surface area (Å²) < 4.78 is 25.3. The Labute approximate surface area is 103 Å². The lowest BCUT2D eigenvalue weighted by Gasteiger charge is -2.23. The molecule has 0 saturated heterocycles. The van der Waals surface area contributed by atoms with Crippen LogP contribution < -0.4 is 4.31 Å². The van der Waals surface area contributed by atoms with E-state index < -0.39 is 10.0 Å². The Morgan fingerprint density at radius 3 is 2.29 bits per heavy atom. The van der Waals surface area contributed by atoms with Crippen molar-refractivity contribution in [2.45, 2.75) is 20.3 Å². The second-order valence-corrected chi connectivity index (χ2v) is 5.96. The third kappa shape index (κ3) is 3.71. The highest BCUT2D eigenvalue weighted by atomic mass is 32.2. The molecule has 0 radical (unpaired) electrons. The Morgan fingerprint density at radius 2 is 1.82 bits per heavy atom. The fourth-order valence-electron chi connectivity index (χ4n) is 1.60. The van der Waals surface area contributed by atoms with Gasteiger partial charge in [0.05, 0.1) is 24.6 Å². The van der Waals surface area contributed by atoms with Gasteiger partial charge in [0.1, 0.15) is 0 Å². The summed E-state index contributed by atoms with van der Waals surface area (Å²) in [5.41, 5.74) is 1.68. The fourth-order valence-corrected chi connectivity index (χ4v) is 3.14. The van der Waals surface area contributed by atoms with Crippen molar-refractivity contribution in [2.75, 3.05) is 23.2 Å². The molecule has 0 heterocycles. The van der Waals surface area contributed by atoms with Crippen molar-refractivity contribution in [3.05, 3.63) is 29.8 Å². The maximum Gasteiger partial charge on any atom is 0.235 e. The lowest BCUT2D eigenvalue weighted by atomic mass is 10.2. The molecule has 0 amide bonds. The molecule has 5 heteroatoms. The number of hydrogen-bond donors (Lipinski definition) is 1. The highest BCUT2D eigenvalue weighted by Crippen LogP contribution is 2.19. The van der Waals surface area contributed by atoms with E-state index in [1.807, 2.05) is 26.0 Å². The Bertz CT molecular complexity index is 439. The molecule has 1 N–H and O–H groups in total. The van der Waals surface area contributed by atoms with Crippen molar-refractivity contribution in [3.63, 3.8) is 0 Å². The summed E-state index contributed by atoms with van der Waals surface area (Å²) in [5, 5.41) is 8.98. The van der Waals surface area contributed by atoms with E-state index >= 15 is 0 Å². The van der Waals surface area contributed by atoms with E-state index in [1.165, 1.54) is 4.31 Å². The van der Waals surface area contributed by atoms with Gasteiger partial charge in [-0.3, -0.25) is 4.31 Å². The van der Waals surface area contributed by atoms with Gasteiger partial charge in [-0.15, -0.1) is 0 Å². The standard InChI is InChI=1S/C12H19NO3S/c1-3-10-17(15,16)13(8-9-14)12-6-4-11(2)5-7-12/h4-7,14H,3,8-10H2,1-2H3. The van der Waals surface area contributed by atoms with Crippen molar-refractivity contribution < 1.29 is 13.5 Å². The van der Waals surface area contributed by atoms with Crippen molar-refractivity contribution >= 4 is 15.7 Å². The molecule has 4 nitrogen and oxygen atoms in total. The molecule has 0 aliphatic carbocycles. The average Bonchev–Trinajstić information content (AvgIpc) is 2.27. The zero-order valence-electron chi connectivity index (χ0n) is 10.3. The lowest BCUT2D eigenvalue weighted by molar-refractivity contribution is 0.306. The molecule has 0 aliphatic rings. The highest BCUT2D eigenvalue weighted by molar-refractivity contribution is 7.92. The quantitative estimate of drug-likeness (QED) is 0.841. The van der Waals surface area contributed by atoms with Crippen LogP contribution in [0.2, 0.25) is 0 Å². The van der Waals surface area contributed by atoms with Gasteiger partial charge in [-0.05, 0) is 25.5 Å². The number of hydrogen-bond acceptors (Lipinski definition) is 3. The Hall–Kier alpha value is -1.07. The molecule has 1 aromatic carbocycles. The molecule has 0 fully saturated rings. The zero-order chi connectivity index (χ0) is 12.9. The van der Waals surface area contributed by atoms with Gasteiger partial charge in [0, 0.05) is 0 Å². The third-order valence-electron chi connectivity index (χ3n) is 2.42. The minimum absolute atomic E-state index is 0.0981. The lowest BCUT2D eigenvalue weighted by Crippen LogP contribution is -2.35. The zero-order valence-corrected chi connectivity index (χ0v) is 11.1. The molecule has 0 aliphatic heterocycles. The molecule has 0 unspecified atom stereocenters. The molecule has 96 valence electrons. The number of benzene rings is 1. The average molecular weight is 257 g/mol. The van der Waals surface area contributed by atoms with E-state index in [4.69, 9.17) is 5.11 Å². The molecular weight excluding hydrogens is 238 g/mol. The van der Waals surface area contributed by atoms with Crippen LogP contribution in [0.5, 0.6) is 0 Å². The second-order valence-electron chi connectivity index (χ2n) is 3.95. The molecule has 0 saturated carbocycles. The number of aliphatic hydroxyl groups excluding tert-OH is 1. The van der Waals surface area contributed by atoms with Crippen LogP contribution in [0.15, 0.2) is 24.3 Å². The summed E-state index contributed by atoms with van der Waals surface area (Å²) in [5.74, 6) is 0.0981. The molecule has 17 heavy (non-hydrogen) atoms. The van der Waals surface area contributed by atoms with Gasteiger partial charge in [0.15, 0.2) is 0 Å². The van der Waals surface area contributed by atoms with Gasteiger partial charge < -0.3 is 5.11 Å². The van der Waals surface area contributed by atoms with Gasteiger partial charge in [-0.2, -0.15) is 0 Å². The van der Waals surface area contributed by atoms with Crippen LogP contribution in [-0.4, -0.2) is 32.4 Å². The molecule has 1 rings (SSSR count). The normalized spacial score (nSPS) is 11.5. The minimum atomic E-state index is -3.33. The molecule has 0 aromatic heterocycles. The van der Waals surface area contributed by atoms with E-state index in [0.717, 1.165) is 5.56 Å². The number of sulfonamides is 1. The fraction of sp³-hybridized carbons (Fsp3) is 0.500. The number of nitrogens with zero attached hydrogens (tertiary/aromatic N) is 1. The van der Waals surface area contributed by atoms with Gasteiger partial charge >= 0.3 is 0 Å². The van der Waals surface area contributed by atoms with E-state index in [1.54, 1.807) is 12.1 Å². The summed E-state index contributed by atoms with van der Waals surface area (Å²) in [7, 11) is -3.33. The maximum absolute atomic E-state index is 12.0. The predicted molar refractivity (Wildman–Crippen MR) is 69.7 cm³/mol. The Morgan fingerprint density at radius 1 is 1.24 bits per heavy atom. The van der Waals surface area contributed by atoms with Gasteiger partial charge in [-0.25, -0.2) is 8.42 Å². The van der Waals surface area contributed by atoms with Crippen LogP contribution in [0.3, 0.4) is 0 Å². The summed E-state index contributed by atoms with van der Waals surface area (Å²) >= 11 is 0. The highest BCUT2D eigenvalue weighted by Gasteiger charge is 2.20. The van der Waals surface area contributed by atoms with Crippen molar-refractivity contribution in [1.82, 2.24) is 0 Å². The van der Waals surface area contributed by atoms with Crippen LogP contribution in [-0.2, 0) is 10.0 Å². The van der Waals surface area contributed by atoms with Crippen LogP contribution in [0, 0.1) is 6.92 Å². The summed E-state index contributed by atoms with van der Waals surface area (Å²) in [6, 6.07) is 7.25. The first-order valence-corrected chi connectivity index (χ1v) is 7.30. The number of rotatable bonds is 6. The first kappa shape index (κ1) is 14.0. The third-order valence-corrected chi connectivity index (χ3v) is 4.41. The Balaban J connectivity index is 3.04. The summed E-state index contributed by atoms with van der Waals surface area (Å²) in [6.45, 7) is 3.69. The van der Waals surface area contributed by atoms with Gasteiger partial charge in [0.25, 0.3) is 0 Å². The SMILES string of the molecule is CCCS(=O)(=O)N(CCO)c1ccc(C)cc1. The number of aryl methyl sites for hydroxylation is 1. The monoisotopic (exact) mass is 257 g/mol. The van der Waals surface area contributed by atoms with Crippen molar-refractivity contribution in [1.29, 1.82) is 0 Å². The minimum Gasteiger partial charge on any atom is -0.394 e. The first-order chi connectivity index (χ1) is 8.01. The molecule has 0 spiro atoms. The summed E-state index contributed by atoms with van der Waals surface area (Å²) in [6.07, 6.45) is 0.566. The summed E-state index contributed by atoms with van der Waals surface area (Å²) in [4.78, 5) is 0. The number of aliphatic hydroxyl groups is 1. The van der Waals surface area contributed by atoms with Gasteiger partial charge in [0.2, 0.25) is 10.0 Å². The van der Waals surface area contributed by atoms with E-state index in [9.17, 15) is 8.42 Å². The smallest absolute Gasteiger partial charge is 0.235 e. The van der Waals surface area contributed by atoms with Crippen LogP contribution in [0.25, 0.3) is 0 Å². The predicted octanol–water partition coefficient (Wildman–Crippen LogP) is 1.53. The largest absolute Gasteiger partial charge is 0.394 e. The Kier molecular flexibility index (Phi) is 4.96. The molecular formula is C12H19NO3S. The second kappa shape index (κ2) is 6.02. The maximum atomic E-state index is 12.0. The topological polar surface area (TPSA) is 57.6 Å². The van der Waals surface area contributed by atoms with E-state index in [2.05, 4.69) is 0 Å². The van der Waals surface area contributed by atoms with Crippen LogP contribution >= 0.6 is 0 Å². The first-order valence-electron chi connectivity index (χ1n) is 5.69. The molecule has 1 aromatic rings. The van der Waals surface area contributed by atoms with Gasteiger partial charge in [-0.1, -0.05) is 24.6 Å². The van der Waals surface area contributed by atoms with E-state index in [-0.39, 0.29) is 18.9 Å². The van der Waals surface area contributed by atoms with Crippen molar-refractivity contribution in [2.24, 2.45) is 0 Å². The molecule has 0 bridgehead atoms.